The number of benzene rings is 3. The minimum atomic E-state index is -0.940. The molecule has 0 aliphatic rings. The zero-order chi connectivity index (χ0) is 22.5. The molecular weight excluding hydrogens is 396 g/mol. The van der Waals surface area contributed by atoms with Gasteiger partial charge >= 0.3 is 5.97 Å². The van der Waals surface area contributed by atoms with E-state index in [1.165, 1.54) is 0 Å². The van der Waals surface area contributed by atoms with Crippen LogP contribution in [0, 0.1) is 0 Å². The van der Waals surface area contributed by atoms with Crippen molar-refractivity contribution in [1.82, 2.24) is 0 Å². The number of aliphatic carboxylic acids is 1. The standard InChI is InChI=1S/C25H26O6/c1-6-15(2)19(13-22(26)27)20-12-18(31-14-28-3)11-17-10-16-8-7-9-21(29-4)24(16)25(30-5)23(17)20/h6-12H,1,13-14H2,2-5H3,(H,26,27)/b19-15-. The molecule has 6 nitrogen and oxygen atoms in total. The molecule has 0 bridgehead atoms. The summed E-state index contributed by atoms with van der Waals surface area (Å²) in [4.78, 5) is 11.7. The van der Waals surface area contributed by atoms with E-state index in [0.717, 1.165) is 27.1 Å². The summed E-state index contributed by atoms with van der Waals surface area (Å²) in [7, 11) is 4.75. The maximum Gasteiger partial charge on any atom is 0.307 e. The van der Waals surface area contributed by atoms with Crippen LogP contribution in [0.1, 0.15) is 18.9 Å². The molecule has 0 saturated heterocycles. The Morgan fingerprint density at radius 1 is 1.06 bits per heavy atom. The van der Waals surface area contributed by atoms with Crippen LogP contribution in [0.5, 0.6) is 17.2 Å². The summed E-state index contributed by atoms with van der Waals surface area (Å²) in [5, 5.41) is 13.0. The molecule has 0 atom stereocenters. The van der Waals surface area contributed by atoms with E-state index in [1.54, 1.807) is 27.4 Å². The lowest BCUT2D eigenvalue weighted by Crippen LogP contribution is -2.03. The number of carbonyl (C=O) groups is 1. The number of hydrogen-bond donors (Lipinski definition) is 1. The lowest BCUT2D eigenvalue weighted by molar-refractivity contribution is -0.135. The number of carboxylic acid groups (broad SMARTS) is 1. The first-order chi connectivity index (χ1) is 14.9. The third-order valence-electron chi connectivity index (χ3n) is 5.17. The van der Waals surface area contributed by atoms with Crippen LogP contribution >= 0.6 is 0 Å². The number of ether oxygens (including phenoxy) is 4. The van der Waals surface area contributed by atoms with Gasteiger partial charge < -0.3 is 24.1 Å². The largest absolute Gasteiger partial charge is 0.496 e. The molecule has 1 N–H and O–H groups in total. The van der Waals surface area contributed by atoms with Crippen molar-refractivity contribution < 1.29 is 28.8 Å². The normalized spacial score (nSPS) is 11.9. The minimum Gasteiger partial charge on any atom is -0.496 e. The van der Waals surface area contributed by atoms with Crippen molar-refractivity contribution in [3.63, 3.8) is 0 Å². The quantitative estimate of drug-likeness (QED) is 0.282. The van der Waals surface area contributed by atoms with Crippen LogP contribution in [0.25, 0.3) is 27.1 Å². The van der Waals surface area contributed by atoms with Gasteiger partial charge in [0.15, 0.2) is 6.79 Å². The van der Waals surface area contributed by atoms with Crippen molar-refractivity contribution in [1.29, 1.82) is 0 Å². The Balaban J connectivity index is 2.51. The molecule has 0 unspecified atom stereocenters. The first kappa shape index (κ1) is 22.2. The molecule has 0 aliphatic carbocycles. The summed E-state index contributed by atoms with van der Waals surface area (Å²) in [5.41, 5.74) is 2.09. The van der Waals surface area contributed by atoms with E-state index < -0.39 is 5.97 Å². The fourth-order valence-corrected chi connectivity index (χ4v) is 3.75. The molecular formula is C25H26O6. The number of carboxylic acids is 1. The second kappa shape index (κ2) is 9.53. The van der Waals surface area contributed by atoms with Crippen molar-refractivity contribution in [2.75, 3.05) is 28.1 Å². The Morgan fingerprint density at radius 2 is 1.84 bits per heavy atom. The van der Waals surface area contributed by atoms with Gasteiger partial charge in [-0.15, -0.1) is 0 Å². The van der Waals surface area contributed by atoms with Gasteiger partial charge in [-0.1, -0.05) is 24.8 Å². The molecule has 3 aromatic rings. The predicted octanol–water partition coefficient (Wildman–Crippen LogP) is 5.43. The fourth-order valence-electron chi connectivity index (χ4n) is 3.75. The van der Waals surface area contributed by atoms with Gasteiger partial charge in [-0.2, -0.15) is 0 Å². The van der Waals surface area contributed by atoms with Gasteiger partial charge in [0.1, 0.15) is 17.2 Å². The van der Waals surface area contributed by atoms with E-state index in [-0.39, 0.29) is 13.2 Å². The zero-order valence-electron chi connectivity index (χ0n) is 18.2. The van der Waals surface area contributed by atoms with Crippen molar-refractivity contribution in [2.45, 2.75) is 13.3 Å². The van der Waals surface area contributed by atoms with Crippen molar-refractivity contribution in [3.8, 4) is 17.2 Å². The van der Waals surface area contributed by atoms with Crippen LogP contribution in [0.15, 0.2) is 54.6 Å². The Bertz CT molecular complexity index is 1180. The van der Waals surface area contributed by atoms with Crippen LogP contribution in [0.2, 0.25) is 0 Å². The zero-order valence-corrected chi connectivity index (χ0v) is 18.2. The molecule has 0 radical (unpaired) electrons. The van der Waals surface area contributed by atoms with E-state index in [2.05, 4.69) is 6.58 Å². The number of rotatable bonds is 9. The van der Waals surface area contributed by atoms with Crippen LogP contribution in [0.3, 0.4) is 0 Å². The monoisotopic (exact) mass is 422 g/mol. The molecule has 0 saturated carbocycles. The van der Waals surface area contributed by atoms with Crippen LogP contribution < -0.4 is 14.2 Å². The Morgan fingerprint density at radius 3 is 2.45 bits per heavy atom. The number of methoxy groups -OCH3 is 3. The Labute approximate surface area is 181 Å². The second-order valence-electron chi connectivity index (χ2n) is 7.02. The topological polar surface area (TPSA) is 74.2 Å². The predicted molar refractivity (Wildman–Crippen MR) is 122 cm³/mol. The number of hydrogen-bond acceptors (Lipinski definition) is 5. The van der Waals surface area contributed by atoms with E-state index >= 15 is 0 Å². The van der Waals surface area contributed by atoms with Crippen molar-refractivity contribution >= 4 is 33.1 Å². The Hall–Kier alpha value is -3.51. The average molecular weight is 422 g/mol. The molecule has 31 heavy (non-hydrogen) atoms. The molecule has 0 aliphatic heterocycles. The first-order valence-electron chi connectivity index (χ1n) is 9.72. The summed E-state index contributed by atoms with van der Waals surface area (Å²) >= 11 is 0. The van der Waals surface area contributed by atoms with Gasteiger partial charge in [0, 0.05) is 12.5 Å². The molecule has 0 aromatic heterocycles. The maximum atomic E-state index is 11.7. The average Bonchev–Trinajstić information content (AvgIpc) is 2.77. The highest BCUT2D eigenvalue weighted by Gasteiger charge is 2.21. The smallest absolute Gasteiger partial charge is 0.307 e. The molecule has 0 amide bonds. The highest BCUT2D eigenvalue weighted by molar-refractivity contribution is 6.12. The van der Waals surface area contributed by atoms with E-state index in [9.17, 15) is 9.90 Å². The van der Waals surface area contributed by atoms with Crippen LogP contribution in [0.4, 0.5) is 0 Å². The minimum absolute atomic E-state index is 0.0713. The fraction of sp³-hybridized carbons (Fsp3) is 0.240. The van der Waals surface area contributed by atoms with Gasteiger partial charge in [-0.3, -0.25) is 4.79 Å². The highest BCUT2D eigenvalue weighted by Crippen LogP contribution is 2.45. The van der Waals surface area contributed by atoms with Crippen molar-refractivity contribution in [2.24, 2.45) is 0 Å². The highest BCUT2D eigenvalue weighted by atomic mass is 16.7. The Kier molecular flexibility index (Phi) is 6.82. The van der Waals surface area contributed by atoms with Gasteiger partial charge in [-0.05, 0) is 58.7 Å². The summed E-state index contributed by atoms with van der Waals surface area (Å²) in [6.07, 6.45) is 1.48. The number of fused-ring (bicyclic) bond motifs is 2. The third kappa shape index (κ3) is 4.34. The summed E-state index contributed by atoms with van der Waals surface area (Å²) in [6, 6.07) is 11.5. The molecule has 162 valence electrons. The second-order valence-corrected chi connectivity index (χ2v) is 7.02. The maximum absolute atomic E-state index is 11.7. The summed E-state index contributed by atoms with van der Waals surface area (Å²) in [5.74, 6) is 0.905. The summed E-state index contributed by atoms with van der Waals surface area (Å²) < 4.78 is 22.2. The number of allylic oxidation sites excluding steroid dienone is 2. The van der Waals surface area contributed by atoms with Gasteiger partial charge in [-0.25, -0.2) is 0 Å². The lowest BCUT2D eigenvalue weighted by atomic mass is 9.90. The SMILES string of the molecule is C=C/C(C)=C(/CC(=O)O)c1cc(OCOC)cc2cc3cccc(OC)c3c(OC)c12. The summed E-state index contributed by atoms with van der Waals surface area (Å²) in [6.45, 7) is 5.75. The van der Waals surface area contributed by atoms with Crippen LogP contribution in [-0.2, 0) is 9.53 Å². The molecule has 0 fully saturated rings. The first-order valence-corrected chi connectivity index (χ1v) is 9.72. The molecule has 0 heterocycles. The molecule has 3 rings (SSSR count). The van der Waals surface area contributed by atoms with Gasteiger partial charge in [0.2, 0.25) is 0 Å². The van der Waals surface area contributed by atoms with Gasteiger partial charge in [0.05, 0.1) is 26.0 Å². The van der Waals surface area contributed by atoms with Crippen molar-refractivity contribution in [3.05, 3.63) is 60.2 Å². The molecule has 6 heteroatoms. The van der Waals surface area contributed by atoms with Crippen LogP contribution in [-0.4, -0.2) is 39.2 Å². The van der Waals surface area contributed by atoms with E-state index in [0.29, 0.717) is 28.4 Å². The molecule has 0 spiro atoms. The van der Waals surface area contributed by atoms with Gasteiger partial charge in [0.25, 0.3) is 0 Å². The van der Waals surface area contributed by atoms with E-state index in [1.807, 2.05) is 43.3 Å². The van der Waals surface area contributed by atoms with E-state index in [4.69, 9.17) is 18.9 Å². The lowest BCUT2D eigenvalue weighted by Gasteiger charge is -2.19. The molecule has 3 aromatic carbocycles. The third-order valence-corrected chi connectivity index (χ3v) is 5.17.